The summed E-state index contributed by atoms with van der Waals surface area (Å²) in [4.78, 5) is 132. The van der Waals surface area contributed by atoms with E-state index in [-0.39, 0.29) is 127 Å². The third-order valence-corrected chi connectivity index (χ3v) is 20.2. The Hall–Kier alpha value is -9.98. The molecule has 0 saturated heterocycles. The lowest BCUT2D eigenvalue weighted by Crippen LogP contribution is -2.54. The number of carbonyl (C=O) groups is 6. The highest BCUT2D eigenvalue weighted by Gasteiger charge is 2.56. The molecule has 8 aromatic rings. The molecular formula is C60H62F2N16O12S2. The van der Waals surface area contributed by atoms with Gasteiger partial charge in [0.25, 0.3) is 56.9 Å². The molecular weight excluding hydrogens is 1240 g/mol. The van der Waals surface area contributed by atoms with E-state index in [1.165, 1.54) is 57.3 Å². The summed E-state index contributed by atoms with van der Waals surface area (Å²) in [5.41, 5.74) is 6.96. The molecule has 4 bridgehead atoms. The van der Waals surface area contributed by atoms with Gasteiger partial charge in [-0.3, -0.25) is 47.9 Å². The zero-order chi connectivity index (χ0) is 65.9. The summed E-state index contributed by atoms with van der Waals surface area (Å²) in [6.07, 6.45) is 7.57. The molecule has 32 heteroatoms. The van der Waals surface area contributed by atoms with Crippen LogP contribution in [0.1, 0.15) is 155 Å². The first-order valence-corrected chi connectivity index (χ1v) is 30.3. The molecule has 6 fully saturated rings. The van der Waals surface area contributed by atoms with Gasteiger partial charge in [0.05, 0.1) is 10.8 Å². The van der Waals surface area contributed by atoms with Crippen LogP contribution in [0.15, 0.2) is 67.7 Å². The normalized spacial score (nSPS) is 21.3. The Labute approximate surface area is 528 Å². The zero-order valence-corrected chi connectivity index (χ0v) is 51.1. The number of aromatic nitrogens is 8. The molecule has 0 aliphatic heterocycles. The summed E-state index contributed by atoms with van der Waals surface area (Å²) in [6.45, 7) is 3.56. The van der Waals surface area contributed by atoms with Gasteiger partial charge >= 0.3 is 11.9 Å². The number of hydrogen-bond acceptors (Lipinski definition) is 20. The van der Waals surface area contributed by atoms with E-state index in [9.17, 15) is 66.9 Å². The van der Waals surface area contributed by atoms with E-state index in [0.717, 1.165) is 0 Å². The van der Waals surface area contributed by atoms with Crippen LogP contribution in [0.3, 0.4) is 0 Å². The summed E-state index contributed by atoms with van der Waals surface area (Å²) in [6, 6.07) is 10.5. The number of fused-ring (bicyclic) bond motifs is 8. The SMILES string of the molecule is CC(NC(=O)c1cc(C(=O)NCc2ccc(F)c(CNc3c(N)c(=O)c3=O)c2)n2c(=S)[nH]nc2n1)C12CCC(C(=O)O)(CC1)CC2.CC(NC(=O)c1cc(C(=O)NCc2ccc(F)c(CNc3c(N)c(=O)c3=O)c2)nc2n[nH]c(=S)n12)C12CCC(C(=O)O)(CC1)CC2. The van der Waals surface area contributed by atoms with E-state index in [1.807, 2.05) is 13.8 Å². The molecule has 480 valence electrons. The number of carboxylic acid groups (broad SMARTS) is 2. The lowest BCUT2D eigenvalue weighted by atomic mass is 9.52. The molecule has 0 spiro atoms. The Bertz CT molecular complexity index is 4630. The molecule has 4 amide bonds. The number of amides is 4. The Balaban J connectivity index is 0.000000188. The van der Waals surface area contributed by atoms with Crippen molar-refractivity contribution >= 4 is 94.3 Å². The average molecular weight is 1300 g/mol. The molecule has 28 nitrogen and oxygen atoms in total. The molecule has 6 saturated carbocycles. The Morgan fingerprint density at radius 1 is 0.543 bits per heavy atom. The molecule has 4 aromatic carbocycles. The second-order valence-corrected chi connectivity index (χ2v) is 25.3. The van der Waals surface area contributed by atoms with Crippen LogP contribution in [-0.4, -0.2) is 97.0 Å². The minimum atomic E-state index is -0.788. The molecule has 2 unspecified atom stereocenters. The fraction of sp³-hybridized carbons (Fsp3) is 0.400. The minimum Gasteiger partial charge on any atom is -0.481 e. The molecule has 14 rings (SSSR count). The van der Waals surface area contributed by atoms with Gasteiger partial charge < -0.3 is 53.6 Å². The monoisotopic (exact) mass is 1300 g/mol. The van der Waals surface area contributed by atoms with E-state index in [1.54, 1.807) is 0 Å². The maximum atomic E-state index is 14.5. The van der Waals surface area contributed by atoms with Crippen molar-refractivity contribution in [2.75, 3.05) is 22.1 Å². The molecule has 6 aliphatic carbocycles. The number of carbonyl (C=O) groups excluding carboxylic acids is 4. The van der Waals surface area contributed by atoms with Gasteiger partial charge in [-0.2, -0.15) is 0 Å². The summed E-state index contributed by atoms with van der Waals surface area (Å²) < 4.78 is 31.7. The summed E-state index contributed by atoms with van der Waals surface area (Å²) in [5.74, 6) is -4.81. The van der Waals surface area contributed by atoms with Crippen LogP contribution in [0.2, 0.25) is 0 Å². The molecule has 6 aliphatic rings. The number of H-pyrrole nitrogens is 2. The van der Waals surface area contributed by atoms with Gasteiger partial charge in [0.1, 0.15) is 57.2 Å². The Kier molecular flexibility index (Phi) is 16.8. The molecule has 4 aromatic heterocycles. The first kappa shape index (κ1) is 63.6. The van der Waals surface area contributed by atoms with Crippen molar-refractivity contribution in [2.45, 2.75) is 129 Å². The first-order valence-electron chi connectivity index (χ1n) is 29.5. The summed E-state index contributed by atoms with van der Waals surface area (Å²) >= 11 is 10.6. The van der Waals surface area contributed by atoms with E-state index in [2.05, 4.69) is 62.3 Å². The smallest absolute Gasteiger partial charge is 0.309 e. The number of aromatic amines is 2. The van der Waals surface area contributed by atoms with Crippen molar-refractivity contribution in [2.24, 2.45) is 21.7 Å². The van der Waals surface area contributed by atoms with E-state index in [4.69, 9.17) is 35.9 Å². The largest absolute Gasteiger partial charge is 0.481 e. The third-order valence-electron chi connectivity index (χ3n) is 19.7. The number of hydrogen-bond donors (Lipinski definition) is 12. The molecule has 92 heavy (non-hydrogen) atoms. The van der Waals surface area contributed by atoms with Crippen LogP contribution < -0.4 is 65.1 Å². The molecule has 0 radical (unpaired) electrons. The standard InChI is InChI=1S/2C30H31FN8O6S/c1-14(29-4-7-30(8-5-29,9-6-29)26(44)45)35-24(42)18-11-19(39-27(36-18)37-38-28(39)46)25(43)34-12-15-2-3-17(31)16(10-15)13-33-21-20(32)22(40)23(21)41;1-14(29-4-7-30(8-5-29,9-6-29)26(44)45)35-25(43)19-11-18(36-27-37-38-28(46)39(19)27)24(42)34-12-15-2-3-17(31)16(10-15)13-33-21-20(32)22(40)23(21)41/h2-3,10-11,14,33H,4-9,12-13,32H2,1H3,(H,34,43)(H,35,42)(H,38,46)(H,44,45);2-3,10-11,14,33H,4-9,12-13,32H2,1H3,(H,34,42)(H,35,43)(H,38,46)(H,44,45). The number of nitrogens with one attached hydrogen (secondary N) is 8. The van der Waals surface area contributed by atoms with Crippen molar-refractivity contribution in [3.63, 3.8) is 0 Å². The van der Waals surface area contributed by atoms with Crippen LogP contribution in [0, 0.1) is 42.8 Å². The first-order chi connectivity index (χ1) is 43.7. The van der Waals surface area contributed by atoms with Crippen molar-refractivity contribution in [3.05, 3.63) is 156 Å². The number of nitrogens with zero attached hydrogens (tertiary/aromatic N) is 6. The quantitative estimate of drug-likeness (QED) is 0.0372. The number of benzene rings is 2. The lowest BCUT2D eigenvalue weighted by molar-refractivity contribution is -0.160. The van der Waals surface area contributed by atoms with Crippen LogP contribution in [-0.2, 0) is 35.8 Å². The number of anilines is 4. The molecule has 14 N–H and O–H groups in total. The molecule has 4 heterocycles. The van der Waals surface area contributed by atoms with Gasteiger partial charge in [0.15, 0.2) is 0 Å². The predicted molar refractivity (Wildman–Crippen MR) is 332 cm³/mol. The number of carboxylic acids is 2. The highest BCUT2D eigenvalue weighted by atomic mass is 32.1. The number of rotatable bonds is 20. The number of aliphatic carboxylic acids is 2. The van der Waals surface area contributed by atoms with Crippen LogP contribution in [0.4, 0.5) is 31.5 Å². The highest BCUT2D eigenvalue weighted by Crippen LogP contribution is 2.59. The summed E-state index contributed by atoms with van der Waals surface area (Å²) in [5, 5.41) is 49.6. The highest BCUT2D eigenvalue weighted by molar-refractivity contribution is 7.71. The average Bonchev–Trinajstić information content (AvgIpc) is 1.27. The van der Waals surface area contributed by atoms with Gasteiger partial charge in [-0.05, 0) is 174 Å². The minimum absolute atomic E-state index is 0.000804. The van der Waals surface area contributed by atoms with Crippen molar-refractivity contribution in [3.8, 4) is 0 Å². The van der Waals surface area contributed by atoms with Gasteiger partial charge in [-0.25, -0.2) is 37.7 Å². The van der Waals surface area contributed by atoms with Gasteiger partial charge in [0.2, 0.25) is 9.54 Å². The van der Waals surface area contributed by atoms with Gasteiger partial charge in [0, 0.05) is 49.4 Å². The second-order valence-electron chi connectivity index (χ2n) is 24.5. The van der Waals surface area contributed by atoms with Crippen molar-refractivity contribution < 1.29 is 47.8 Å². The van der Waals surface area contributed by atoms with E-state index < -0.39 is 79.7 Å². The fourth-order valence-corrected chi connectivity index (χ4v) is 13.9. The predicted octanol–water partition coefficient (Wildman–Crippen LogP) is 4.38. The fourth-order valence-electron chi connectivity index (χ4n) is 13.4. The van der Waals surface area contributed by atoms with Gasteiger partial charge in [-0.1, -0.05) is 12.1 Å². The summed E-state index contributed by atoms with van der Waals surface area (Å²) in [7, 11) is 0. The van der Waals surface area contributed by atoms with E-state index >= 15 is 0 Å². The zero-order valence-electron chi connectivity index (χ0n) is 49.5. The lowest BCUT2D eigenvalue weighted by Gasteiger charge is -2.54. The number of nitrogen functional groups attached to an aromatic ring is 2. The Morgan fingerprint density at radius 3 is 1.30 bits per heavy atom. The van der Waals surface area contributed by atoms with Crippen molar-refractivity contribution in [1.29, 1.82) is 0 Å². The van der Waals surface area contributed by atoms with Crippen LogP contribution in [0.25, 0.3) is 11.6 Å². The number of halogens is 2. The number of nitrogens with two attached hydrogens (primary N) is 2. The topological polar surface area (TPSA) is 427 Å². The van der Waals surface area contributed by atoms with Crippen LogP contribution in [0.5, 0.6) is 0 Å². The maximum absolute atomic E-state index is 14.5. The Morgan fingerprint density at radius 2 is 0.913 bits per heavy atom. The van der Waals surface area contributed by atoms with E-state index in [0.29, 0.717) is 88.2 Å². The van der Waals surface area contributed by atoms with Gasteiger partial charge in [-0.15, -0.1) is 10.2 Å². The van der Waals surface area contributed by atoms with Crippen molar-refractivity contribution in [1.82, 2.24) is 60.4 Å². The second kappa shape index (κ2) is 24.3. The van der Waals surface area contributed by atoms with Crippen LogP contribution >= 0.6 is 24.4 Å². The molecule has 2 atom stereocenters. The maximum Gasteiger partial charge on any atom is 0.309 e. The third kappa shape index (κ3) is 11.5.